The SMILES string of the molecule is C=CCN(CC(=O)Nc1nc(-c2ccc(OC)cc2)cn1-c1ccc(F)cc1)S(=O)(=O)c1ccc(C)cc1. The second-order valence-corrected chi connectivity index (χ2v) is 10.4. The number of anilines is 1. The molecule has 1 amide bonds. The second-order valence-electron chi connectivity index (χ2n) is 8.47. The van der Waals surface area contributed by atoms with Gasteiger partial charge >= 0.3 is 0 Å². The number of aromatic nitrogens is 2. The predicted octanol–water partition coefficient (Wildman–Crippen LogP) is 4.81. The van der Waals surface area contributed by atoms with Gasteiger partial charge in [-0.25, -0.2) is 17.8 Å². The fourth-order valence-electron chi connectivity index (χ4n) is 3.74. The molecule has 0 bridgehead atoms. The van der Waals surface area contributed by atoms with Crippen molar-refractivity contribution in [3.8, 4) is 22.7 Å². The monoisotopic (exact) mass is 534 g/mol. The van der Waals surface area contributed by atoms with E-state index in [2.05, 4.69) is 16.9 Å². The lowest BCUT2D eigenvalue weighted by Crippen LogP contribution is -2.38. The minimum atomic E-state index is -3.96. The number of nitrogens with one attached hydrogen (secondary N) is 1. The van der Waals surface area contributed by atoms with E-state index in [4.69, 9.17) is 4.74 Å². The first-order valence-electron chi connectivity index (χ1n) is 11.7. The number of aryl methyl sites for hydroxylation is 1. The minimum absolute atomic E-state index is 0.0624. The summed E-state index contributed by atoms with van der Waals surface area (Å²) in [5.41, 5.74) is 2.78. The molecule has 10 heteroatoms. The molecule has 3 aromatic carbocycles. The van der Waals surface area contributed by atoms with Crippen LogP contribution in [0.25, 0.3) is 16.9 Å². The summed E-state index contributed by atoms with van der Waals surface area (Å²) in [5.74, 6) is -0.176. The number of methoxy groups -OCH3 is 1. The number of carbonyl (C=O) groups is 1. The molecule has 1 heterocycles. The van der Waals surface area contributed by atoms with Crippen LogP contribution in [-0.2, 0) is 14.8 Å². The number of halogens is 1. The average Bonchev–Trinajstić information content (AvgIpc) is 3.32. The van der Waals surface area contributed by atoms with Crippen LogP contribution in [0.4, 0.5) is 10.3 Å². The zero-order chi connectivity index (χ0) is 27.3. The molecule has 0 radical (unpaired) electrons. The van der Waals surface area contributed by atoms with Gasteiger partial charge in [-0.1, -0.05) is 23.8 Å². The maximum absolute atomic E-state index is 13.6. The Balaban J connectivity index is 1.64. The molecule has 38 heavy (non-hydrogen) atoms. The fourth-order valence-corrected chi connectivity index (χ4v) is 5.11. The lowest BCUT2D eigenvalue weighted by Gasteiger charge is -2.20. The summed E-state index contributed by atoms with van der Waals surface area (Å²) >= 11 is 0. The molecule has 0 spiro atoms. The molecule has 0 saturated heterocycles. The van der Waals surface area contributed by atoms with Crippen molar-refractivity contribution in [3.63, 3.8) is 0 Å². The van der Waals surface area contributed by atoms with Crippen molar-refractivity contribution in [2.45, 2.75) is 11.8 Å². The summed E-state index contributed by atoms with van der Waals surface area (Å²) in [6, 6.07) is 19.3. The van der Waals surface area contributed by atoms with Crippen molar-refractivity contribution >= 4 is 21.9 Å². The lowest BCUT2D eigenvalue weighted by molar-refractivity contribution is -0.116. The van der Waals surface area contributed by atoms with E-state index in [9.17, 15) is 17.6 Å². The van der Waals surface area contributed by atoms with Gasteiger partial charge in [-0.3, -0.25) is 14.7 Å². The number of sulfonamides is 1. The van der Waals surface area contributed by atoms with Crippen LogP contribution in [0.3, 0.4) is 0 Å². The molecular formula is C28H27FN4O4S. The van der Waals surface area contributed by atoms with Crippen LogP contribution >= 0.6 is 0 Å². The topological polar surface area (TPSA) is 93.5 Å². The molecule has 0 unspecified atom stereocenters. The Labute approximate surface area is 221 Å². The first-order chi connectivity index (χ1) is 18.2. The largest absolute Gasteiger partial charge is 0.497 e. The van der Waals surface area contributed by atoms with E-state index >= 15 is 0 Å². The van der Waals surface area contributed by atoms with Gasteiger partial charge in [-0.05, 0) is 67.6 Å². The third kappa shape index (κ3) is 5.99. The molecule has 0 aliphatic carbocycles. The number of hydrogen-bond donors (Lipinski definition) is 1. The predicted molar refractivity (Wildman–Crippen MR) is 144 cm³/mol. The van der Waals surface area contributed by atoms with Crippen LogP contribution in [0.5, 0.6) is 5.75 Å². The Bertz CT molecular complexity index is 1530. The molecule has 8 nitrogen and oxygen atoms in total. The maximum Gasteiger partial charge on any atom is 0.243 e. The highest BCUT2D eigenvalue weighted by Gasteiger charge is 2.26. The number of rotatable bonds is 10. The zero-order valence-corrected chi connectivity index (χ0v) is 21.8. The summed E-state index contributed by atoms with van der Waals surface area (Å²) in [7, 11) is -2.39. The van der Waals surface area contributed by atoms with Gasteiger partial charge in [0.25, 0.3) is 0 Å². The van der Waals surface area contributed by atoms with E-state index in [1.807, 2.05) is 19.1 Å². The van der Waals surface area contributed by atoms with Crippen molar-refractivity contribution in [1.29, 1.82) is 0 Å². The van der Waals surface area contributed by atoms with Crippen LogP contribution < -0.4 is 10.1 Å². The zero-order valence-electron chi connectivity index (χ0n) is 21.0. The van der Waals surface area contributed by atoms with Crippen molar-refractivity contribution in [1.82, 2.24) is 13.9 Å². The third-order valence-electron chi connectivity index (χ3n) is 5.76. The summed E-state index contributed by atoms with van der Waals surface area (Å²) in [6.45, 7) is 4.96. The minimum Gasteiger partial charge on any atom is -0.497 e. The quantitative estimate of drug-likeness (QED) is 0.295. The summed E-state index contributed by atoms with van der Waals surface area (Å²) in [6.07, 6.45) is 3.12. The summed E-state index contributed by atoms with van der Waals surface area (Å²) in [5, 5.41) is 2.71. The number of imidazole rings is 1. The third-order valence-corrected chi connectivity index (χ3v) is 7.59. The summed E-state index contributed by atoms with van der Waals surface area (Å²) < 4.78 is 47.8. The van der Waals surface area contributed by atoms with E-state index in [0.29, 0.717) is 17.1 Å². The number of carbonyl (C=O) groups excluding carboxylic acids is 1. The van der Waals surface area contributed by atoms with Gasteiger partial charge in [0.1, 0.15) is 11.6 Å². The van der Waals surface area contributed by atoms with Crippen molar-refractivity contribution in [2.24, 2.45) is 0 Å². The number of hydrogen-bond acceptors (Lipinski definition) is 5. The molecular weight excluding hydrogens is 507 g/mol. The number of ether oxygens (including phenoxy) is 1. The molecule has 196 valence electrons. The maximum atomic E-state index is 13.6. The van der Waals surface area contributed by atoms with Crippen LogP contribution in [0, 0.1) is 12.7 Å². The second kappa shape index (κ2) is 11.4. The number of nitrogens with zero attached hydrogens (tertiary/aromatic N) is 3. The van der Waals surface area contributed by atoms with Crippen molar-refractivity contribution in [2.75, 3.05) is 25.5 Å². The average molecular weight is 535 g/mol. The van der Waals surface area contributed by atoms with Crippen LogP contribution in [0.15, 0.2) is 96.5 Å². The highest BCUT2D eigenvalue weighted by Crippen LogP contribution is 2.26. The van der Waals surface area contributed by atoms with Gasteiger partial charge in [-0.15, -0.1) is 6.58 Å². The molecule has 4 aromatic rings. The number of benzene rings is 3. The van der Waals surface area contributed by atoms with E-state index in [1.54, 1.807) is 54.3 Å². The van der Waals surface area contributed by atoms with Crippen LogP contribution in [0.2, 0.25) is 0 Å². The Morgan fingerprint density at radius 2 is 1.74 bits per heavy atom. The normalized spacial score (nSPS) is 11.4. The molecule has 0 atom stereocenters. The first kappa shape index (κ1) is 26.8. The van der Waals surface area contributed by atoms with Crippen molar-refractivity contribution < 1.29 is 22.3 Å². The van der Waals surface area contributed by atoms with Gasteiger partial charge < -0.3 is 4.74 Å². The van der Waals surface area contributed by atoms with Gasteiger partial charge in [0, 0.05) is 24.0 Å². The lowest BCUT2D eigenvalue weighted by atomic mass is 10.1. The van der Waals surface area contributed by atoms with Crippen LogP contribution in [-0.4, -0.2) is 48.4 Å². The molecule has 0 aliphatic heterocycles. The molecule has 0 aliphatic rings. The molecule has 0 fully saturated rings. The Hall–Kier alpha value is -4.28. The number of amides is 1. The van der Waals surface area contributed by atoms with E-state index in [-0.39, 0.29) is 17.4 Å². The Morgan fingerprint density at radius 1 is 1.08 bits per heavy atom. The summed E-state index contributed by atoms with van der Waals surface area (Å²) in [4.78, 5) is 17.8. The van der Waals surface area contributed by atoms with E-state index in [1.165, 1.54) is 30.3 Å². The Morgan fingerprint density at radius 3 is 2.34 bits per heavy atom. The Kier molecular flexibility index (Phi) is 8.04. The van der Waals surface area contributed by atoms with E-state index in [0.717, 1.165) is 15.4 Å². The van der Waals surface area contributed by atoms with Gasteiger partial charge in [-0.2, -0.15) is 4.31 Å². The van der Waals surface area contributed by atoms with Gasteiger partial charge in [0.05, 0.1) is 24.2 Å². The molecule has 1 N–H and O–H groups in total. The highest BCUT2D eigenvalue weighted by molar-refractivity contribution is 7.89. The fraction of sp³-hybridized carbons (Fsp3) is 0.143. The van der Waals surface area contributed by atoms with Gasteiger partial charge in [0.15, 0.2) is 0 Å². The standard InChI is InChI=1S/C28H27FN4O4S/c1-4-17-32(38(35,36)25-15-5-20(2)6-16-25)19-27(34)31-28-30-26(21-7-13-24(37-3)14-8-21)18-33(28)23-11-9-22(29)10-12-23/h4-16,18H,1,17,19H2,2-3H3,(H,30,31,34). The van der Waals surface area contributed by atoms with Crippen molar-refractivity contribution in [3.05, 3.63) is 103 Å². The molecule has 0 saturated carbocycles. The molecule has 4 rings (SSSR count). The molecule has 1 aromatic heterocycles. The van der Waals surface area contributed by atoms with Gasteiger partial charge in [0.2, 0.25) is 21.9 Å². The van der Waals surface area contributed by atoms with E-state index < -0.39 is 28.3 Å². The highest BCUT2D eigenvalue weighted by atomic mass is 32.2. The smallest absolute Gasteiger partial charge is 0.243 e. The first-order valence-corrected chi connectivity index (χ1v) is 13.1. The van der Waals surface area contributed by atoms with Crippen LogP contribution in [0.1, 0.15) is 5.56 Å².